The van der Waals surface area contributed by atoms with Crippen LogP contribution in [0.15, 0.2) is 35.3 Å². The maximum atomic E-state index is 12.2. The predicted octanol–water partition coefficient (Wildman–Crippen LogP) is 1.86. The summed E-state index contributed by atoms with van der Waals surface area (Å²) in [5, 5.41) is 0. The van der Waals surface area contributed by atoms with Gasteiger partial charge in [0.25, 0.3) is 0 Å². The quantitative estimate of drug-likeness (QED) is 0.424. The van der Waals surface area contributed by atoms with Crippen LogP contribution in [-0.2, 0) is 20.3 Å². The molecule has 1 heterocycles. The van der Waals surface area contributed by atoms with E-state index in [0.29, 0.717) is 45.1 Å². The van der Waals surface area contributed by atoms with Crippen LogP contribution < -0.4 is 5.73 Å². The van der Waals surface area contributed by atoms with Crippen LogP contribution in [0.4, 0.5) is 4.79 Å². The highest BCUT2D eigenvalue weighted by Gasteiger charge is 2.26. The molecule has 0 atom stereocenters. The summed E-state index contributed by atoms with van der Waals surface area (Å²) in [6, 6.07) is 9.15. The van der Waals surface area contributed by atoms with Crippen molar-refractivity contribution in [2.24, 2.45) is 10.7 Å². The van der Waals surface area contributed by atoms with Gasteiger partial charge in [-0.3, -0.25) is 4.99 Å². The van der Waals surface area contributed by atoms with E-state index in [4.69, 9.17) is 10.5 Å². The first kappa shape index (κ1) is 23.0. The normalized spacial score (nSPS) is 16.0. The Bertz CT molecular complexity index is 796. The summed E-state index contributed by atoms with van der Waals surface area (Å²) < 4.78 is 29.8. The number of hydrogen-bond donors (Lipinski definition) is 1. The van der Waals surface area contributed by atoms with Gasteiger partial charge < -0.3 is 20.3 Å². The molecule has 0 spiro atoms. The predicted molar refractivity (Wildman–Crippen MR) is 114 cm³/mol. The van der Waals surface area contributed by atoms with E-state index in [1.807, 2.05) is 56.0 Å². The summed E-state index contributed by atoms with van der Waals surface area (Å²) in [6.07, 6.45) is 0.101. The first-order valence-corrected chi connectivity index (χ1v) is 11.6. The number of guanidine groups is 1. The summed E-state index contributed by atoms with van der Waals surface area (Å²) in [4.78, 5) is 20.0. The maximum absolute atomic E-state index is 12.2. The Kier molecular flexibility index (Phi) is 7.89. The van der Waals surface area contributed by atoms with Crippen LogP contribution in [0.25, 0.3) is 0 Å². The van der Waals surface area contributed by atoms with E-state index in [2.05, 4.69) is 4.99 Å². The molecule has 1 aliphatic rings. The highest BCUT2D eigenvalue weighted by atomic mass is 32.2. The third kappa shape index (κ3) is 8.31. The molecule has 2 N–H and O–H groups in total. The molecule has 0 aromatic heterocycles. The number of nitrogens with two attached hydrogens (primary N) is 1. The lowest BCUT2D eigenvalue weighted by atomic mass is 10.2. The van der Waals surface area contributed by atoms with E-state index >= 15 is 0 Å². The van der Waals surface area contributed by atoms with Crippen molar-refractivity contribution in [2.75, 3.05) is 38.5 Å². The van der Waals surface area contributed by atoms with Gasteiger partial charge in [0.2, 0.25) is 0 Å². The monoisotopic (exact) mass is 424 g/mol. The summed E-state index contributed by atoms with van der Waals surface area (Å²) >= 11 is 0. The minimum Gasteiger partial charge on any atom is -0.444 e. The van der Waals surface area contributed by atoms with E-state index in [1.165, 1.54) is 0 Å². The van der Waals surface area contributed by atoms with Crippen molar-refractivity contribution in [3.63, 3.8) is 0 Å². The largest absolute Gasteiger partial charge is 0.444 e. The zero-order valence-corrected chi connectivity index (χ0v) is 18.3. The summed E-state index contributed by atoms with van der Waals surface area (Å²) in [5.74, 6) is 0.499. The second kappa shape index (κ2) is 9.96. The lowest BCUT2D eigenvalue weighted by Gasteiger charge is -2.36. The zero-order chi connectivity index (χ0) is 21.5. The van der Waals surface area contributed by atoms with Crippen LogP contribution in [0.2, 0.25) is 0 Å². The number of piperazine rings is 1. The standard InChI is InChI=1S/C20H32N4O4S/c1-20(2,3)28-19(25)24-13-11-23(12-14-24)18(21)22-10-7-15-29(26,27)16-17-8-5-4-6-9-17/h4-6,8-9H,7,10-16H2,1-3H3,(H2,21,22). The van der Waals surface area contributed by atoms with Crippen LogP contribution in [0.5, 0.6) is 0 Å². The third-order valence-corrected chi connectivity index (χ3v) is 6.06. The first-order chi connectivity index (χ1) is 13.6. The fourth-order valence-electron chi connectivity index (χ4n) is 2.92. The number of amides is 1. The van der Waals surface area contributed by atoms with Gasteiger partial charge in [0.1, 0.15) is 5.60 Å². The molecule has 0 unspecified atom stereocenters. The van der Waals surface area contributed by atoms with Gasteiger partial charge in [-0.1, -0.05) is 30.3 Å². The molecule has 1 saturated heterocycles. The fourth-order valence-corrected chi connectivity index (χ4v) is 4.34. The Labute approximate surface area is 173 Å². The van der Waals surface area contributed by atoms with E-state index < -0.39 is 15.4 Å². The SMILES string of the molecule is CC(C)(C)OC(=O)N1CCN(C(N)=NCCCS(=O)(=O)Cc2ccccc2)CC1. The topological polar surface area (TPSA) is 105 Å². The number of aliphatic imine (C=N–C) groups is 1. The van der Waals surface area contributed by atoms with Gasteiger partial charge in [-0.15, -0.1) is 0 Å². The van der Waals surface area contributed by atoms with Crippen molar-refractivity contribution in [1.29, 1.82) is 0 Å². The number of ether oxygens (including phenoxy) is 1. The number of benzene rings is 1. The second-order valence-corrected chi connectivity index (χ2v) is 10.3. The average molecular weight is 425 g/mol. The van der Waals surface area contributed by atoms with Gasteiger partial charge in [0, 0.05) is 32.7 Å². The van der Waals surface area contributed by atoms with Gasteiger partial charge in [-0.2, -0.15) is 0 Å². The van der Waals surface area contributed by atoms with Gasteiger partial charge >= 0.3 is 6.09 Å². The summed E-state index contributed by atoms with van der Waals surface area (Å²) in [6.45, 7) is 8.03. The van der Waals surface area contributed by atoms with Crippen LogP contribution in [0.1, 0.15) is 32.8 Å². The Morgan fingerprint density at radius 3 is 2.28 bits per heavy atom. The van der Waals surface area contributed by atoms with Crippen molar-refractivity contribution in [3.8, 4) is 0 Å². The number of hydrogen-bond acceptors (Lipinski definition) is 5. The van der Waals surface area contributed by atoms with Gasteiger partial charge in [-0.25, -0.2) is 13.2 Å². The molecule has 0 bridgehead atoms. The first-order valence-electron chi connectivity index (χ1n) is 9.83. The summed E-state index contributed by atoms with van der Waals surface area (Å²) in [7, 11) is -3.17. The minimum absolute atomic E-state index is 0.0413. The number of rotatable bonds is 6. The average Bonchev–Trinajstić information content (AvgIpc) is 2.64. The fraction of sp³-hybridized carbons (Fsp3) is 0.600. The van der Waals surface area contributed by atoms with E-state index in [9.17, 15) is 13.2 Å². The van der Waals surface area contributed by atoms with Gasteiger partial charge in [0.05, 0.1) is 11.5 Å². The molecule has 0 radical (unpaired) electrons. The second-order valence-electron chi connectivity index (χ2n) is 8.13. The van der Waals surface area contributed by atoms with Crippen molar-refractivity contribution >= 4 is 21.9 Å². The van der Waals surface area contributed by atoms with Crippen LogP contribution >= 0.6 is 0 Å². The van der Waals surface area contributed by atoms with Crippen LogP contribution in [-0.4, -0.2) is 74.3 Å². The molecule has 1 fully saturated rings. The van der Waals surface area contributed by atoms with Gasteiger partial charge in [-0.05, 0) is 32.8 Å². The molecule has 1 aromatic rings. The molecule has 29 heavy (non-hydrogen) atoms. The molecular weight excluding hydrogens is 392 g/mol. The number of carbonyl (C=O) groups is 1. The molecule has 162 valence electrons. The molecular formula is C20H32N4O4S. The maximum Gasteiger partial charge on any atom is 0.410 e. The molecule has 0 aliphatic carbocycles. The number of carbonyl (C=O) groups excluding carboxylic acids is 1. The smallest absolute Gasteiger partial charge is 0.410 e. The molecule has 1 amide bonds. The minimum atomic E-state index is -3.17. The Hall–Kier alpha value is -2.29. The Morgan fingerprint density at radius 2 is 1.69 bits per heavy atom. The van der Waals surface area contributed by atoms with E-state index in [1.54, 1.807) is 4.90 Å². The van der Waals surface area contributed by atoms with Crippen LogP contribution in [0.3, 0.4) is 0 Å². The molecule has 8 nitrogen and oxygen atoms in total. The molecule has 1 aromatic carbocycles. The number of nitrogens with zero attached hydrogens (tertiary/aromatic N) is 3. The molecule has 9 heteroatoms. The highest BCUT2D eigenvalue weighted by Crippen LogP contribution is 2.12. The molecule has 2 rings (SSSR count). The molecule has 0 saturated carbocycles. The Morgan fingerprint density at radius 1 is 1.10 bits per heavy atom. The lowest BCUT2D eigenvalue weighted by molar-refractivity contribution is 0.0186. The zero-order valence-electron chi connectivity index (χ0n) is 17.5. The van der Waals surface area contributed by atoms with Crippen molar-refractivity contribution in [3.05, 3.63) is 35.9 Å². The van der Waals surface area contributed by atoms with Crippen molar-refractivity contribution in [1.82, 2.24) is 9.80 Å². The van der Waals surface area contributed by atoms with E-state index in [0.717, 1.165) is 5.56 Å². The highest BCUT2D eigenvalue weighted by molar-refractivity contribution is 7.90. The van der Waals surface area contributed by atoms with Crippen molar-refractivity contribution < 1.29 is 17.9 Å². The summed E-state index contributed by atoms with van der Waals surface area (Å²) in [5.41, 5.74) is 6.31. The van der Waals surface area contributed by atoms with Crippen LogP contribution in [0, 0.1) is 0 Å². The molecule has 1 aliphatic heterocycles. The van der Waals surface area contributed by atoms with Crippen molar-refractivity contribution in [2.45, 2.75) is 38.5 Å². The number of sulfone groups is 1. The lowest BCUT2D eigenvalue weighted by Crippen LogP contribution is -2.53. The van der Waals surface area contributed by atoms with E-state index in [-0.39, 0.29) is 17.6 Å². The Balaban J connectivity index is 1.73. The van der Waals surface area contributed by atoms with Gasteiger partial charge in [0.15, 0.2) is 15.8 Å². The third-order valence-electron chi connectivity index (χ3n) is 4.37.